The molecule has 6 nitrogen and oxygen atoms in total. The zero-order valence-corrected chi connectivity index (χ0v) is 19.7. The molecule has 1 atom stereocenters. The van der Waals surface area contributed by atoms with Gasteiger partial charge in [0.25, 0.3) is 5.91 Å². The maximum atomic E-state index is 13.6. The Kier molecular flexibility index (Phi) is 6.20. The molecule has 9 heteroatoms. The Morgan fingerprint density at radius 1 is 1.00 bits per heavy atom. The van der Waals surface area contributed by atoms with Crippen molar-refractivity contribution in [2.24, 2.45) is 0 Å². The summed E-state index contributed by atoms with van der Waals surface area (Å²) in [6.07, 6.45) is -3.00. The lowest BCUT2D eigenvalue weighted by atomic mass is 9.98. The van der Waals surface area contributed by atoms with E-state index < -0.39 is 24.1 Å². The molecule has 5 rings (SSSR count). The summed E-state index contributed by atoms with van der Waals surface area (Å²) in [4.78, 5) is 26.4. The predicted molar refractivity (Wildman–Crippen MR) is 133 cm³/mol. The lowest BCUT2D eigenvalue weighted by Crippen LogP contribution is -2.23. The summed E-state index contributed by atoms with van der Waals surface area (Å²) in [6, 6.07) is 20.9. The van der Waals surface area contributed by atoms with E-state index in [9.17, 15) is 22.8 Å². The van der Waals surface area contributed by atoms with Crippen molar-refractivity contribution >= 4 is 23.1 Å². The number of ketones is 1. The van der Waals surface area contributed by atoms with Gasteiger partial charge < -0.3 is 19.9 Å². The fourth-order valence-corrected chi connectivity index (χ4v) is 4.43. The molecule has 2 heterocycles. The molecule has 0 saturated carbocycles. The van der Waals surface area contributed by atoms with Gasteiger partial charge in [0, 0.05) is 35.4 Å². The highest BCUT2D eigenvalue weighted by atomic mass is 19.4. The van der Waals surface area contributed by atoms with Crippen LogP contribution in [0.4, 0.5) is 24.5 Å². The Balaban J connectivity index is 1.39. The van der Waals surface area contributed by atoms with Crippen LogP contribution in [-0.4, -0.2) is 22.6 Å². The van der Waals surface area contributed by atoms with Gasteiger partial charge in [0.2, 0.25) is 0 Å². The van der Waals surface area contributed by atoms with Gasteiger partial charge in [-0.25, -0.2) is 0 Å². The second-order valence-corrected chi connectivity index (χ2v) is 8.69. The van der Waals surface area contributed by atoms with Crippen LogP contribution in [0.3, 0.4) is 0 Å². The van der Waals surface area contributed by atoms with Crippen LogP contribution in [-0.2, 0) is 6.54 Å². The average molecular weight is 505 g/mol. The van der Waals surface area contributed by atoms with Crippen molar-refractivity contribution in [1.82, 2.24) is 4.57 Å². The van der Waals surface area contributed by atoms with Crippen molar-refractivity contribution in [3.05, 3.63) is 113 Å². The van der Waals surface area contributed by atoms with E-state index in [4.69, 9.17) is 0 Å². The van der Waals surface area contributed by atoms with Crippen LogP contribution in [0.15, 0.2) is 85.1 Å². The first kappa shape index (κ1) is 24.2. The fraction of sp³-hybridized carbons (Fsp3) is 0.143. The Morgan fingerprint density at radius 2 is 1.76 bits per heavy atom. The number of nitrogens with zero attached hydrogens (tertiary/aromatic N) is 1. The summed E-state index contributed by atoms with van der Waals surface area (Å²) >= 11 is 0. The molecule has 4 aromatic rings. The van der Waals surface area contributed by atoms with E-state index in [1.165, 1.54) is 18.2 Å². The van der Waals surface area contributed by atoms with Crippen LogP contribution < -0.4 is 15.4 Å². The number of carbonyl (C=O) groups excluding carboxylic acids is 2. The van der Waals surface area contributed by atoms with Crippen molar-refractivity contribution < 1.29 is 27.5 Å². The van der Waals surface area contributed by atoms with Gasteiger partial charge >= 0.3 is 6.36 Å². The standard InChI is InChI=1S/C28H22F3N3O3/c1-17-15-18(12-13-21(17)33-27(36)20-8-3-5-11-24(20)37-28(29,30)31)26(35)25-23-10-6-14-34(23)16-19-7-2-4-9-22(19)32-25/h2-15,25,32H,16H2,1H3,(H,33,36). The first-order valence-corrected chi connectivity index (χ1v) is 11.5. The molecular formula is C28H22F3N3O3. The summed E-state index contributed by atoms with van der Waals surface area (Å²) in [5.74, 6) is -1.51. The number of aryl methyl sites for hydroxylation is 1. The van der Waals surface area contributed by atoms with Crippen molar-refractivity contribution in [2.75, 3.05) is 10.6 Å². The number of benzene rings is 3. The number of anilines is 2. The van der Waals surface area contributed by atoms with Gasteiger partial charge in [-0.1, -0.05) is 30.3 Å². The quantitative estimate of drug-likeness (QED) is 0.310. The number of halogens is 3. The van der Waals surface area contributed by atoms with E-state index in [-0.39, 0.29) is 11.3 Å². The zero-order chi connectivity index (χ0) is 26.2. The summed E-state index contributed by atoms with van der Waals surface area (Å²) in [6.45, 7) is 2.35. The molecule has 1 aliphatic rings. The van der Waals surface area contributed by atoms with E-state index in [0.29, 0.717) is 23.4 Å². The second-order valence-electron chi connectivity index (χ2n) is 8.69. The molecule has 1 unspecified atom stereocenters. The number of hydrogen-bond donors (Lipinski definition) is 2. The average Bonchev–Trinajstić information content (AvgIpc) is 3.25. The number of alkyl halides is 3. The number of amides is 1. The molecule has 0 fully saturated rings. The van der Waals surface area contributed by atoms with Crippen molar-refractivity contribution in [3.8, 4) is 5.75 Å². The maximum Gasteiger partial charge on any atom is 0.573 e. The number of aromatic nitrogens is 1. The van der Waals surface area contributed by atoms with E-state index in [1.807, 2.05) is 47.2 Å². The highest BCUT2D eigenvalue weighted by Crippen LogP contribution is 2.32. The SMILES string of the molecule is Cc1cc(C(=O)C2Nc3ccccc3Cn3cccc32)ccc1NC(=O)c1ccccc1OC(F)(F)F. The molecule has 0 saturated heterocycles. The molecule has 0 spiro atoms. The Bertz CT molecular complexity index is 1490. The molecule has 0 bridgehead atoms. The molecule has 1 aromatic heterocycles. The first-order valence-electron chi connectivity index (χ1n) is 11.5. The minimum absolute atomic E-state index is 0.151. The van der Waals surface area contributed by atoms with Crippen LogP contribution in [0.5, 0.6) is 5.75 Å². The Labute approximate surface area is 210 Å². The van der Waals surface area contributed by atoms with Gasteiger partial charge in [0.15, 0.2) is 5.78 Å². The van der Waals surface area contributed by atoms with Crippen LogP contribution in [0.2, 0.25) is 0 Å². The molecule has 0 aliphatic carbocycles. The largest absolute Gasteiger partial charge is 0.573 e. The lowest BCUT2D eigenvalue weighted by Gasteiger charge is -2.19. The molecule has 1 amide bonds. The van der Waals surface area contributed by atoms with Gasteiger partial charge in [0.05, 0.1) is 5.56 Å². The smallest absolute Gasteiger partial charge is 0.405 e. The third-order valence-electron chi connectivity index (χ3n) is 6.20. The number of Topliss-reactive ketones (excluding diaryl/α,β-unsaturated/α-hetero) is 1. The summed E-state index contributed by atoms with van der Waals surface area (Å²) in [7, 11) is 0. The van der Waals surface area contributed by atoms with Gasteiger partial charge in [-0.3, -0.25) is 9.59 Å². The number of nitrogens with one attached hydrogen (secondary N) is 2. The third-order valence-corrected chi connectivity index (χ3v) is 6.20. The third kappa shape index (κ3) is 5.06. The number of hydrogen-bond acceptors (Lipinski definition) is 4. The topological polar surface area (TPSA) is 72.4 Å². The number of para-hydroxylation sites is 2. The van der Waals surface area contributed by atoms with Crippen LogP contribution in [0.1, 0.15) is 43.6 Å². The molecule has 3 aromatic carbocycles. The zero-order valence-electron chi connectivity index (χ0n) is 19.7. The van der Waals surface area contributed by atoms with E-state index >= 15 is 0 Å². The van der Waals surface area contributed by atoms with E-state index in [1.54, 1.807) is 25.1 Å². The van der Waals surface area contributed by atoms with Gasteiger partial charge in [0.1, 0.15) is 11.8 Å². The molecule has 2 N–H and O–H groups in total. The molecule has 37 heavy (non-hydrogen) atoms. The second kappa shape index (κ2) is 9.50. The van der Waals surface area contributed by atoms with Crippen molar-refractivity contribution in [1.29, 1.82) is 0 Å². The lowest BCUT2D eigenvalue weighted by molar-refractivity contribution is -0.274. The van der Waals surface area contributed by atoms with Crippen LogP contribution in [0, 0.1) is 6.92 Å². The molecule has 188 valence electrons. The predicted octanol–water partition coefficient (Wildman–Crippen LogP) is 6.35. The van der Waals surface area contributed by atoms with Crippen LogP contribution >= 0.6 is 0 Å². The minimum atomic E-state index is -4.93. The van der Waals surface area contributed by atoms with Gasteiger partial charge in [-0.2, -0.15) is 0 Å². The first-order chi connectivity index (χ1) is 17.7. The summed E-state index contributed by atoms with van der Waals surface area (Å²) in [5, 5.41) is 5.98. The van der Waals surface area contributed by atoms with Crippen molar-refractivity contribution in [2.45, 2.75) is 25.9 Å². The van der Waals surface area contributed by atoms with Gasteiger partial charge in [-0.05, 0) is 66.6 Å². The number of ether oxygens (including phenoxy) is 1. The number of rotatable bonds is 5. The van der Waals surface area contributed by atoms with Crippen LogP contribution in [0.25, 0.3) is 0 Å². The highest BCUT2D eigenvalue weighted by molar-refractivity contribution is 6.07. The Morgan fingerprint density at radius 3 is 2.54 bits per heavy atom. The van der Waals surface area contributed by atoms with E-state index in [2.05, 4.69) is 15.4 Å². The number of fused-ring (bicyclic) bond motifs is 2. The number of carbonyl (C=O) groups is 2. The molecular weight excluding hydrogens is 483 g/mol. The minimum Gasteiger partial charge on any atom is -0.405 e. The van der Waals surface area contributed by atoms with Gasteiger partial charge in [-0.15, -0.1) is 13.2 Å². The maximum absolute atomic E-state index is 13.6. The van der Waals surface area contributed by atoms with Crippen molar-refractivity contribution in [3.63, 3.8) is 0 Å². The molecule has 0 radical (unpaired) electrons. The summed E-state index contributed by atoms with van der Waals surface area (Å²) < 4.78 is 44.2. The monoisotopic (exact) mass is 505 g/mol. The molecule has 1 aliphatic heterocycles. The Hall–Kier alpha value is -4.53. The highest BCUT2D eigenvalue weighted by Gasteiger charge is 2.33. The summed E-state index contributed by atoms with van der Waals surface area (Å²) in [5.41, 5.74) is 3.90. The van der Waals surface area contributed by atoms with E-state index in [0.717, 1.165) is 23.0 Å². The fourth-order valence-electron chi connectivity index (χ4n) is 4.43. The normalized spacial score (nSPS) is 14.5.